The summed E-state index contributed by atoms with van der Waals surface area (Å²) in [5.41, 5.74) is 0.562. The smallest absolute Gasteiger partial charge is 0.123 e. The Labute approximate surface area is 112 Å². The maximum absolute atomic E-state index is 13.3. The molecule has 0 heterocycles. The first-order valence-corrected chi connectivity index (χ1v) is 6.56. The maximum Gasteiger partial charge on any atom is 0.123 e. The van der Waals surface area contributed by atoms with Gasteiger partial charge < -0.3 is 9.47 Å². The lowest BCUT2D eigenvalue weighted by molar-refractivity contribution is -0.0780. The van der Waals surface area contributed by atoms with Gasteiger partial charge in [0.05, 0.1) is 18.1 Å². The summed E-state index contributed by atoms with van der Waals surface area (Å²) in [5, 5.41) is -0.295. The van der Waals surface area contributed by atoms with E-state index in [4.69, 9.17) is 21.1 Å². The third-order valence-electron chi connectivity index (χ3n) is 3.78. The van der Waals surface area contributed by atoms with Gasteiger partial charge in [-0.15, -0.1) is 11.6 Å². The second-order valence-electron chi connectivity index (χ2n) is 4.80. The number of hydrogen-bond donors (Lipinski definition) is 0. The highest BCUT2D eigenvalue weighted by atomic mass is 35.5. The van der Waals surface area contributed by atoms with Crippen molar-refractivity contribution in [2.45, 2.75) is 36.7 Å². The van der Waals surface area contributed by atoms with Gasteiger partial charge in [0.2, 0.25) is 0 Å². The molecule has 1 aliphatic rings. The molecule has 4 heteroatoms. The monoisotopic (exact) mass is 272 g/mol. The third kappa shape index (κ3) is 2.62. The van der Waals surface area contributed by atoms with E-state index in [2.05, 4.69) is 0 Å². The molecule has 0 radical (unpaired) electrons. The lowest BCUT2D eigenvalue weighted by Crippen LogP contribution is -2.39. The van der Waals surface area contributed by atoms with Crippen LogP contribution in [0.25, 0.3) is 0 Å². The van der Waals surface area contributed by atoms with Crippen molar-refractivity contribution in [2.75, 3.05) is 14.2 Å². The number of hydrogen-bond acceptors (Lipinski definition) is 2. The summed E-state index contributed by atoms with van der Waals surface area (Å²) < 4.78 is 24.1. The Morgan fingerprint density at radius 1 is 1.39 bits per heavy atom. The molecule has 0 bridgehead atoms. The van der Waals surface area contributed by atoms with Crippen molar-refractivity contribution in [3.8, 4) is 5.75 Å². The Kier molecular flexibility index (Phi) is 4.13. The molecule has 1 aliphatic carbocycles. The number of alkyl halides is 1. The van der Waals surface area contributed by atoms with Gasteiger partial charge in [0.15, 0.2) is 0 Å². The Morgan fingerprint density at radius 3 is 2.61 bits per heavy atom. The van der Waals surface area contributed by atoms with Gasteiger partial charge in [0, 0.05) is 12.7 Å². The first kappa shape index (κ1) is 13.6. The topological polar surface area (TPSA) is 18.5 Å². The number of ether oxygens (including phenoxy) is 2. The van der Waals surface area contributed by atoms with Crippen LogP contribution in [0.15, 0.2) is 18.2 Å². The van der Waals surface area contributed by atoms with Gasteiger partial charge >= 0.3 is 0 Å². The largest absolute Gasteiger partial charge is 0.496 e. The van der Waals surface area contributed by atoms with Crippen LogP contribution in [0.4, 0.5) is 4.39 Å². The van der Waals surface area contributed by atoms with Crippen LogP contribution >= 0.6 is 11.6 Å². The molecule has 18 heavy (non-hydrogen) atoms. The first-order chi connectivity index (χ1) is 8.60. The van der Waals surface area contributed by atoms with E-state index in [9.17, 15) is 4.39 Å². The van der Waals surface area contributed by atoms with Crippen molar-refractivity contribution in [3.05, 3.63) is 29.6 Å². The molecule has 1 fully saturated rings. The predicted molar refractivity (Wildman–Crippen MR) is 69.8 cm³/mol. The number of halogens is 2. The van der Waals surface area contributed by atoms with Gasteiger partial charge in [-0.2, -0.15) is 0 Å². The van der Waals surface area contributed by atoms with E-state index >= 15 is 0 Å². The van der Waals surface area contributed by atoms with Crippen LogP contribution in [0, 0.1) is 5.82 Å². The predicted octanol–water partition coefficient (Wildman–Crippen LogP) is 4.07. The van der Waals surface area contributed by atoms with Gasteiger partial charge in [0.1, 0.15) is 11.6 Å². The summed E-state index contributed by atoms with van der Waals surface area (Å²) in [4.78, 5) is 0. The Hall–Kier alpha value is -0.800. The molecule has 100 valence electrons. The van der Waals surface area contributed by atoms with Crippen LogP contribution in [0.2, 0.25) is 0 Å². The summed E-state index contributed by atoms with van der Waals surface area (Å²) in [6.45, 7) is 0. The number of rotatable bonds is 5. The van der Waals surface area contributed by atoms with Crippen molar-refractivity contribution in [1.29, 1.82) is 0 Å². The third-order valence-corrected chi connectivity index (χ3v) is 4.17. The molecule has 1 aromatic carbocycles. The summed E-state index contributed by atoms with van der Waals surface area (Å²) in [6.07, 6.45) is 3.89. The van der Waals surface area contributed by atoms with Crippen LogP contribution in [-0.4, -0.2) is 19.8 Å². The van der Waals surface area contributed by atoms with E-state index in [0.717, 1.165) is 19.3 Å². The molecule has 0 aliphatic heterocycles. The molecule has 0 N–H and O–H groups in total. The highest BCUT2D eigenvalue weighted by Gasteiger charge is 2.39. The number of methoxy groups -OCH3 is 2. The van der Waals surface area contributed by atoms with E-state index in [1.807, 2.05) is 0 Å². The zero-order valence-corrected chi connectivity index (χ0v) is 11.5. The molecule has 1 atom stereocenters. The molecular formula is C14H18ClFO2. The zero-order valence-electron chi connectivity index (χ0n) is 10.7. The van der Waals surface area contributed by atoms with Crippen molar-refractivity contribution in [2.24, 2.45) is 0 Å². The van der Waals surface area contributed by atoms with Crippen LogP contribution in [0.5, 0.6) is 5.75 Å². The zero-order chi connectivity index (χ0) is 13.2. The second kappa shape index (κ2) is 5.45. The van der Waals surface area contributed by atoms with Crippen LogP contribution in [0.3, 0.4) is 0 Å². The summed E-state index contributed by atoms with van der Waals surface area (Å²) >= 11 is 6.41. The van der Waals surface area contributed by atoms with E-state index in [-0.39, 0.29) is 16.8 Å². The minimum atomic E-state index is -0.295. The lowest BCUT2D eigenvalue weighted by Gasteiger charge is -2.42. The Morgan fingerprint density at radius 2 is 2.11 bits per heavy atom. The fourth-order valence-electron chi connectivity index (χ4n) is 2.45. The summed E-state index contributed by atoms with van der Waals surface area (Å²) in [6, 6.07) is 4.43. The van der Waals surface area contributed by atoms with E-state index in [0.29, 0.717) is 17.7 Å². The van der Waals surface area contributed by atoms with Gasteiger partial charge in [-0.05, 0) is 43.9 Å². The van der Waals surface area contributed by atoms with Crippen LogP contribution in [0.1, 0.15) is 36.6 Å². The normalized spacial score (nSPS) is 19.1. The Bertz CT molecular complexity index is 413. The van der Waals surface area contributed by atoms with Gasteiger partial charge in [0.25, 0.3) is 0 Å². The first-order valence-electron chi connectivity index (χ1n) is 6.13. The van der Waals surface area contributed by atoms with Crippen molar-refractivity contribution < 1.29 is 13.9 Å². The molecule has 0 amide bonds. The highest BCUT2D eigenvalue weighted by Crippen LogP contribution is 2.45. The Balaban J connectivity index is 2.17. The molecule has 0 saturated heterocycles. The second-order valence-corrected chi connectivity index (χ2v) is 5.33. The maximum atomic E-state index is 13.3. The van der Waals surface area contributed by atoms with Gasteiger partial charge in [-0.3, -0.25) is 0 Å². The molecule has 1 saturated carbocycles. The molecule has 1 aromatic rings. The highest BCUT2D eigenvalue weighted by molar-refractivity contribution is 6.21. The average Bonchev–Trinajstić information content (AvgIpc) is 2.33. The standard InChI is InChI=1S/C14H18ClFO2/c1-17-13-5-4-10(16)8-11(13)12(15)9-14(18-2)6-3-7-14/h4-5,8,12H,3,6-7,9H2,1-2H3. The van der Waals surface area contributed by atoms with E-state index < -0.39 is 0 Å². The molecule has 0 aromatic heterocycles. The molecule has 0 spiro atoms. The quantitative estimate of drug-likeness (QED) is 0.752. The van der Waals surface area contributed by atoms with Gasteiger partial charge in [-0.25, -0.2) is 4.39 Å². The lowest BCUT2D eigenvalue weighted by atomic mass is 9.76. The van der Waals surface area contributed by atoms with Crippen LogP contribution < -0.4 is 4.74 Å². The van der Waals surface area contributed by atoms with E-state index in [1.54, 1.807) is 20.3 Å². The minimum absolute atomic E-state index is 0.135. The minimum Gasteiger partial charge on any atom is -0.496 e. The van der Waals surface area contributed by atoms with Crippen LogP contribution in [-0.2, 0) is 4.74 Å². The van der Waals surface area contributed by atoms with E-state index in [1.165, 1.54) is 12.1 Å². The SMILES string of the molecule is COc1ccc(F)cc1C(Cl)CC1(OC)CCC1. The molecule has 2 rings (SSSR count). The van der Waals surface area contributed by atoms with Crippen molar-refractivity contribution in [3.63, 3.8) is 0 Å². The fourth-order valence-corrected chi connectivity index (χ4v) is 2.90. The molecule has 1 unspecified atom stereocenters. The van der Waals surface area contributed by atoms with Crippen molar-refractivity contribution >= 4 is 11.6 Å². The summed E-state index contributed by atoms with van der Waals surface area (Å²) in [7, 11) is 3.28. The van der Waals surface area contributed by atoms with Gasteiger partial charge in [-0.1, -0.05) is 0 Å². The average molecular weight is 273 g/mol. The van der Waals surface area contributed by atoms with Crippen molar-refractivity contribution in [1.82, 2.24) is 0 Å². The summed E-state index contributed by atoms with van der Waals surface area (Å²) in [5.74, 6) is 0.332. The number of benzene rings is 1. The fraction of sp³-hybridized carbons (Fsp3) is 0.571. The molecular weight excluding hydrogens is 255 g/mol. The molecule has 2 nitrogen and oxygen atoms in total.